The molecular weight excluding hydrogens is 214 g/mol. The Morgan fingerprint density at radius 1 is 1.41 bits per heavy atom. The fourth-order valence-corrected chi connectivity index (χ4v) is 2.52. The molecule has 1 rings (SSSR count). The van der Waals surface area contributed by atoms with Crippen LogP contribution in [-0.4, -0.2) is 39.5 Å². The Hall–Kier alpha value is -0.120. The van der Waals surface area contributed by atoms with Crippen LogP contribution in [0.3, 0.4) is 0 Å². The summed E-state index contributed by atoms with van der Waals surface area (Å²) in [6, 6.07) is 0. The molecule has 1 aliphatic heterocycles. The first-order valence-electron chi connectivity index (χ1n) is 6.94. The van der Waals surface area contributed by atoms with Gasteiger partial charge in [-0.2, -0.15) is 0 Å². The predicted octanol–water partition coefficient (Wildman–Crippen LogP) is 2.45. The van der Waals surface area contributed by atoms with Crippen LogP contribution in [0.5, 0.6) is 0 Å². The molecule has 3 heteroatoms. The summed E-state index contributed by atoms with van der Waals surface area (Å²) < 4.78 is 11.5. The Kier molecular flexibility index (Phi) is 6.45. The first-order valence-corrected chi connectivity index (χ1v) is 6.94. The fourth-order valence-electron chi connectivity index (χ4n) is 2.52. The van der Waals surface area contributed by atoms with E-state index in [1.165, 1.54) is 0 Å². The third-order valence-corrected chi connectivity index (χ3v) is 3.94. The summed E-state index contributed by atoms with van der Waals surface area (Å²) in [5.74, 6) is 0.731. The van der Waals surface area contributed by atoms with Gasteiger partial charge in [-0.3, -0.25) is 0 Å². The number of nitrogens with one attached hydrogen (secondary N) is 1. The summed E-state index contributed by atoms with van der Waals surface area (Å²) in [6.07, 6.45) is 3.77. The largest absolute Gasteiger partial charge is 0.381 e. The van der Waals surface area contributed by atoms with Gasteiger partial charge in [0.2, 0.25) is 0 Å². The average molecular weight is 243 g/mol. The van der Waals surface area contributed by atoms with Gasteiger partial charge in [0.25, 0.3) is 0 Å². The van der Waals surface area contributed by atoms with Crippen molar-refractivity contribution in [1.82, 2.24) is 5.32 Å². The topological polar surface area (TPSA) is 30.5 Å². The summed E-state index contributed by atoms with van der Waals surface area (Å²) in [7, 11) is 2.02. The van der Waals surface area contributed by atoms with Crippen LogP contribution in [0.4, 0.5) is 0 Å². The van der Waals surface area contributed by atoms with Crippen LogP contribution < -0.4 is 5.32 Å². The van der Waals surface area contributed by atoms with Gasteiger partial charge in [-0.25, -0.2) is 0 Å². The van der Waals surface area contributed by atoms with Gasteiger partial charge in [0.05, 0.1) is 6.10 Å². The van der Waals surface area contributed by atoms with Gasteiger partial charge in [0.1, 0.15) is 0 Å². The summed E-state index contributed by atoms with van der Waals surface area (Å²) in [5.41, 5.74) is 0.284. The molecule has 0 spiro atoms. The highest BCUT2D eigenvalue weighted by Gasteiger charge is 2.40. The Morgan fingerprint density at radius 3 is 2.71 bits per heavy atom. The van der Waals surface area contributed by atoms with E-state index in [4.69, 9.17) is 9.47 Å². The smallest absolute Gasteiger partial charge is 0.0617 e. The van der Waals surface area contributed by atoms with E-state index in [9.17, 15) is 0 Å². The van der Waals surface area contributed by atoms with Crippen molar-refractivity contribution in [3.05, 3.63) is 0 Å². The van der Waals surface area contributed by atoms with E-state index in [0.29, 0.717) is 6.10 Å². The Bertz CT molecular complexity index is 208. The van der Waals surface area contributed by atoms with Crippen molar-refractivity contribution in [3.8, 4) is 0 Å². The molecule has 2 unspecified atom stereocenters. The standard InChI is InChI=1S/C14H29NO2/c1-12(2)5-8-16-9-6-14(11-15-4)7-10-17-13(14)3/h12-13,15H,5-11H2,1-4H3. The normalized spacial score (nSPS) is 29.1. The van der Waals surface area contributed by atoms with Crippen LogP contribution in [0.25, 0.3) is 0 Å². The molecule has 0 amide bonds. The van der Waals surface area contributed by atoms with Crippen LogP contribution >= 0.6 is 0 Å². The van der Waals surface area contributed by atoms with Gasteiger partial charge < -0.3 is 14.8 Å². The van der Waals surface area contributed by atoms with Gasteiger partial charge >= 0.3 is 0 Å². The highest BCUT2D eigenvalue weighted by Crippen LogP contribution is 2.37. The molecule has 0 radical (unpaired) electrons. The molecule has 3 nitrogen and oxygen atoms in total. The highest BCUT2D eigenvalue weighted by atomic mass is 16.5. The van der Waals surface area contributed by atoms with Crippen molar-refractivity contribution in [2.45, 2.75) is 46.1 Å². The lowest BCUT2D eigenvalue weighted by molar-refractivity contribution is 0.0322. The van der Waals surface area contributed by atoms with Crippen molar-refractivity contribution in [2.24, 2.45) is 11.3 Å². The number of hydrogen-bond acceptors (Lipinski definition) is 3. The molecule has 1 fully saturated rings. The van der Waals surface area contributed by atoms with Crippen LogP contribution in [0, 0.1) is 11.3 Å². The summed E-state index contributed by atoms with van der Waals surface area (Å²) in [4.78, 5) is 0. The molecule has 0 aromatic carbocycles. The highest BCUT2D eigenvalue weighted by molar-refractivity contribution is 4.90. The van der Waals surface area contributed by atoms with Gasteiger partial charge in [-0.15, -0.1) is 0 Å². The second-order valence-electron chi connectivity index (χ2n) is 5.70. The third-order valence-electron chi connectivity index (χ3n) is 3.94. The zero-order chi connectivity index (χ0) is 12.7. The van der Waals surface area contributed by atoms with Gasteiger partial charge in [0, 0.05) is 31.8 Å². The maximum Gasteiger partial charge on any atom is 0.0617 e. The SMILES string of the molecule is CNCC1(CCOCCC(C)C)CCOC1C. The lowest BCUT2D eigenvalue weighted by Crippen LogP contribution is -2.39. The quantitative estimate of drug-likeness (QED) is 0.664. The van der Waals surface area contributed by atoms with Gasteiger partial charge in [-0.1, -0.05) is 13.8 Å². The van der Waals surface area contributed by atoms with E-state index in [0.717, 1.165) is 51.5 Å². The fraction of sp³-hybridized carbons (Fsp3) is 1.00. The maximum absolute atomic E-state index is 5.74. The Balaban J connectivity index is 2.25. The van der Waals surface area contributed by atoms with Crippen LogP contribution in [0.15, 0.2) is 0 Å². The van der Waals surface area contributed by atoms with Crippen molar-refractivity contribution in [3.63, 3.8) is 0 Å². The first-order chi connectivity index (χ1) is 8.10. The summed E-state index contributed by atoms with van der Waals surface area (Å²) in [6.45, 7) is 10.3. The lowest BCUT2D eigenvalue weighted by Gasteiger charge is -2.32. The minimum atomic E-state index is 0.284. The lowest BCUT2D eigenvalue weighted by atomic mass is 9.78. The van der Waals surface area contributed by atoms with E-state index < -0.39 is 0 Å². The molecule has 1 heterocycles. The predicted molar refractivity (Wildman–Crippen MR) is 71.3 cm³/mol. The van der Waals surface area contributed by atoms with Crippen LogP contribution in [0.1, 0.15) is 40.0 Å². The molecule has 0 aromatic heterocycles. The van der Waals surface area contributed by atoms with Crippen molar-refractivity contribution in [2.75, 3.05) is 33.4 Å². The second kappa shape index (κ2) is 7.34. The van der Waals surface area contributed by atoms with Gasteiger partial charge in [0.15, 0.2) is 0 Å². The molecule has 1 N–H and O–H groups in total. The Labute approximate surface area is 106 Å². The van der Waals surface area contributed by atoms with E-state index >= 15 is 0 Å². The molecule has 0 aliphatic carbocycles. The minimum absolute atomic E-state index is 0.284. The van der Waals surface area contributed by atoms with Crippen molar-refractivity contribution >= 4 is 0 Å². The maximum atomic E-state index is 5.74. The molecule has 17 heavy (non-hydrogen) atoms. The molecule has 0 saturated carbocycles. The van der Waals surface area contributed by atoms with E-state index in [1.807, 2.05) is 7.05 Å². The molecule has 2 atom stereocenters. The summed E-state index contributed by atoms with van der Waals surface area (Å²) >= 11 is 0. The van der Waals surface area contributed by atoms with Crippen molar-refractivity contribution in [1.29, 1.82) is 0 Å². The average Bonchev–Trinajstić information content (AvgIpc) is 2.60. The Morgan fingerprint density at radius 2 is 2.18 bits per heavy atom. The third kappa shape index (κ3) is 4.57. The second-order valence-corrected chi connectivity index (χ2v) is 5.70. The molecular formula is C14H29NO2. The van der Waals surface area contributed by atoms with E-state index in [1.54, 1.807) is 0 Å². The molecule has 0 aromatic rings. The molecule has 102 valence electrons. The van der Waals surface area contributed by atoms with Crippen LogP contribution in [-0.2, 0) is 9.47 Å². The zero-order valence-corrected chi connectivity index (χ0v) is 11.9. The zero-order valence-electron chi connectivity index (χ0n) is 11.9. The van der Waals surface area contributed by atoms with E-state index in [-0.39, 0.29) is 5.41 Å². The molecule has 1 saturated heterocycles. The molecule has 0 bridgehead atoms. The number of hydrogen-bond donors (Lipinski definition) is 1. The van der Waals surface area contributed by atoms with Crippen molar-refractivity contribution < 1.29 is 9.47 Å². The van der Waals surface area contributed by atoms with Gasteiger partial charge in [-0.05, 0) is 39.2 Å². The monoisotopic (exact) mass is 243 g/mol. The van der Waals surface area contributed by atoms with E-state index in [2.05, 4.69) is 26.1 Å². The van der Waals surface area contributed by atoms with Crippen LogP contribution in [0.2, 0.25) is 0 Å². The molecule has 1 aliphatic rings. The first kappa shape index (κ1) is 14.9. The number of rotatable bonds is 8. The minimum Gasteiger partial charge on any atom is -0.381 e. The number of ether oxygens (including phenoxy) is 2. The summed E-state index contributed by atoms with van der Waals surface area (Å²) in [5, 5.41) is 3.30.